The predicted molar refractivity (Wildman–Crippen MR) is 120 cm³/mol. The van der Waals surface area contributed by atoms with Crippen molar-refractivity contribution >= 4 is 40.9 Å². The molecule has 0 atom stereocenters. The van der Waals surface area contributed by atoms with Crippen LogP contribution in [0.2, 0.25) is 0 Å². The van der Waals surface area contributed by atoms with E-state index in [1.807, 2.05) is 6.07 Å². The van der Waals surface area contributed by atoms with Gasteiger partial charge in [0.1, 0.15) is 23.7 Å². The van der Waals surface area contributed by atoms with Crippen molar-refractivity contribution < 1.29 is 18.7 Å². The molecule has 4 rings (SSSR count). The Morgan fingerprint density at radius 3 is 2.35 bits per heavy atom. The second kappa shape index (κ2) is 8.89. The number of para-hydroxylation sites is 2. The van der Waals surface area contributed by atoms with E-state index in [-0.39, 0.29) is 23.1 Å². The summed E-state index contributed by atoms with van der Waals surface area (Å²) in [6.45, 7) is 0.209. The highest BCUT2D eigenvalue weighted by Gasteiger charge is 2.34. The molecule has 7 heteroatoms. The van der Waals surface area contributed by atoms with E-state index < -0.39 is 11.8 Å². The fourth-order valence-corrected chi connectivity index (χ4v) is 3.38. The largest absolute Gasteiger partial charge is 0.488 e. The van der Waals surface area contributed by atoms with Gasteiger partial charge in [0.15, 0.2) is 5.11 Å². The number of benzene rings is 3. The molecule has 5 nitrogen and oxygen atoms in total. The van der Waals surface area contributed by atoms with Crippen LogP contribution in [-0.4, -0.2) is 16.9 Å². The Labute approximate surface area is 183 Å². The van der Waals surface area contributed by atoms with E-state index in [0.29, 0.717) is 17.0 Å². The van der Waals surface area contributed by atoms with Crippen LogP contribution in [0.5, 0.6) is 5.75 Å². The van der Waals surface area contributed by atoms with E-state index in [9.17, 15) is 14.0 Å². The van der Waals surface area contributed by atoms with E-state index >= 15 is 0 Å². The summed E-state index contributed by atoms with van der Waals surface area (Å²) >= 11 is 5.21. The fourth-order valence-electron chi connectivity index (χ4n) is 3.10. The van der Waals surface area contributed by atoms with Crippen molar-refractivity contribution in [1.82, 2.24) is 5.32 Å². The Morgan fingerprint density at radius 1 is 0.935 bits per heavy atom. The van der Waals surface area contributed by atoms with E-state index in [4.69, 9.17) is 17.0 Å². The second-order valence-corrected chi connectivity index (χ2v) is 7.13. The van der Waals surface area contributed by atoms with Gasteiger partial charge in [-0.3, -0.25) is 19.8 Å². The molecule has 0 aromatic heterocycles. The highest BCUT2D eigenvalue weighted by molar-refractivity contribution is 7.80. The maximum Gasteiger partial charge on any atom is 0.270 e. The molecule has 0 spiro atoms. The number of nitrogens with one attached hydrogen (secondary N) is 1. The Morgan fingerprint density at radius 2 is 1.61 bits per heavy atom. The van der Waals surface area contributed by atoms with Crippen LogP contribution in [0.25, 0.3) is 6.08 Å². The Balaban J connectivity index is 1.62. The summed E-state index contributed by atoms with van der Waals surface area (Å²) in [4.78, 5) is 26.9. The SMILES string of the molecule is O=C1NC(=S)N(c2ccccc2)C(=O)/C1=C\c1ccccc1OCc1ccc(F)cc1. The number of halogens is 1. The molecule has 1 heterocycles. The van der Waals surface area contributed by atoms with Crippen LogP contribution in [0, 0.1) is 5.82 Å². The average molecular weight is 432 g/mol. The fraction of sp³-hybridized carbons (Fsp3) is 0.0417. The molecule has 2 amide bonds. The zero-order chi connectivity index (χ0) is 21.8. The lowest BCUT2D eigenvalue weighted by Gasteiger charge is -2.28. The molecule has 0 radical (unpaired) electrons. The van der Waals surface area contributed by atoms with Gasteiger partial charge in [-0.2, -0.15) is 0 Å². The minimum Gasteiger partial charge on any atom is -0.488 e. The normalized spacial score (nSPS) is 15.2. The molecular formula is C24H17FN2O3S. The van der Waals surface area contributed by atoms with Gasteiger partial charge in [0, 0.05) is 5.56 Å². The van der Waals surface area contributed by atoms with Crippen LogP contribution in [0.15, 0.2) is 84.4 Å². The zero-order valence-corrected chi connectivity index (χ0v) is 17.1. The first-order valence-electron chi connectivity index (χ1n) is 9.46. The Hall–Kier alpha value is -3.84. The monoisotopic (exact) mass is 432 g/mol. The lowest BCUT2D eigenvalue weighted by Crippen LogP contribution is -2.54. The molecule has 154 valence electrons. The van der Waals surface area contributed by atoms with Crippen molar-refractivity contribution in [3.63, 3.8) is 0 Å². The van der Waals surface area contributed by atoms with Crippen molar-refractivity contribution in [3.8, 4) is 5.75 Å². The standard InChI is InChI=1S/C24H17FN2O3S/c25-18-12-10-16(11-13-18)15-30-21-9-5-4-6-17(21)14-20-22(28)26-24(31)27(23(20)29)19-7-2-1-3-8-19/h1-14H,15H2,(H,26,28,31)/b20-14-. The summed E-state index contributed by atoms with van der Waals surface area (Å²) in [5.74, 6) is -0.931. The molecule has 31 heavy (non-hydrogen) atoms. The molecule has 0 bridgehead atoms. The van der Waals surface area contributed by atoms with Gasteiger partial charge >= 0.3 is 0 Å². The number of rotatable bonds is 5. The number of hydrogen-bond donors (Lipinski definition) is 1. The van der Waals surface area contributed by atoms with Gasteiger partial charge in [0.05, 0.1) is 5.69 Å². The highest BCUT2D eigenvalue weighted by Crippen LogP contribution is 2.26. The first-order valence-corrected chi connectivity index (χ1v) is 9.86. The van der Waals surface area contributed by atoms with Crippen LogP contribution in [0.1, 0.15) is 11.1 Å². The van der Waals surface area contributed by atoms with Crippen molar-refractivity contribution in [2.24, 2.45) is 0 Å². The average Bonchev–Trinajstić information content (AvgIpc) is 2.77. The smallest absolute Gasteiger partial charge is 0.270 e. The van der Waals surface area contributed by atoms with Crippen LogP contribution in [-0.2, 0) is 16.2 Å². The van der Waals surface area contributed by atoms with Crippen LogP contribution >= 0.6 is 12.2 Å². The van der Waals surface area contributed by atoms with Crippen molar-refractivity contribution in [3.05, 3.63) is 101 Å². The molecule has 1 N–H and O–H groups in total. The molecule has 0 saturated carbocycles. The lowest BCUT2D eigenvalue weighted by molar-refractivity contribution is -0.122. The maximum atomic E-state index is 13.1. The minimum absolute atomic E-state index is 0.0270. The summed E-state index contributed by atoms with van der Waals surface area (Å²) in [5, 5.41) is 2.59. The summed E-state index contributed by atoms with van der Waals surface area (Å²) in [6, 6.07) is 21.9. The van der Waals surface area contributed by atoms with Crippen LogP contribution in [0.4, 0.5) is 10.1 Å². The van der Waals surface area contributed by atoms with Gasteiger partial charge in [-0.1, -0.05) is 48.5 Å². The number of nitrogens with zero attached hydrogens (tertiary/aromatic N) is 1. The molecule has 1 saturated heterocycles. The first-order chi connectivity index (χ1) is 15.0. The van der Waals surface area contributed by atoms with E-state index in [2.05, 4.69) is 5.32 Å². The summed E-state index contributed by atoms with van der Waals surface area (Å²) < 4.78 is 19.0. The Kier molecular flexibility index (Phi) is 5.86. The van der Waals surface area contributed by atoms with Crippen molar-refractivity contribution in [2.75, 3.05) is 4.90 Å². The van der Waals surface area contributed by atoms with E-state index in [1.165, 1.54) is 23.1 Å². The zero-order valence-electron chi connectivity index (χ0n) is 16.2. The summed E-state index contributed by atoms with van der Waals surface area (Å²) in [5.41, 5.74) is 1.85. The quantitative estimate of drug-likeness (QED) is 0.372. The molecule has 1 aliphatic rings. The number of thiocarbonyl (C=S) groups is 1. The molecule has 1 aliphatic heterocycles. The second-order valence-electron chi connectivity index (χ2n) is 6.75. The summed E-state index contributed by atoms with van der Waals surface area (Å²) in [6.07, 6.45) is 1.48. The molecule has 3 aromatic rings. The van der Waals surface area contributed by atoms with Crippen molar-refractivity contribution in [2.45, 2.75) is 6.61 Å². The van der Waals surface area contributed by atoms with Crippen LogP contribution < -0.4 is 15.0 Å². The molecule has 3 aromatic carbocycles. The number of ether oxygens (including phenoxy) is 1. The summed E-state index contributed by atoms with van der Waals surface area (Å²) in [7, 11) is 0. The van der Waals surface area contributed by atoms with Gasteiger partial charge in [-0.15, -0.1) is 0 Å². The lowest BCUT2D eigenvalue weighted by atomic mass is 10.1. The van der Waals surface area contributed by atoms with Gasteiger partial charge in [-0.05, 0) is 54.2 Å². The number of hydrogen-bond acceptors (Lipinski definition) is 4. The van der Waals surface area contributed by atoms with Crippen LogP contribution in [0.3, 0.4) is 0 Å². The third-order valence-corrected chi connectivity index (χ3v) is 4.93. The Bertz CT molecular complexity index is 1180. The first kappa shape index (κ1) is 20.4. The van der Waals surface area contributed by atoms with Gasteiger partial charge < -0.3 is 4.74 Å². The van der Waals surface area contributed by atoms with Crippen molar-refractivity contribution in [1.29, 1.82) is 0 Å². The topological polar surface area (TPSA) is 58.6 Å². The molecule has 0 aliphatic carbocycles. The predicted octanol–water partition coefficient (Wildman–Crippen LogP) is 4.24. The van der Waals surface area contributed by atoms with Gasteiger partial charge in [0.2, 0.25) is 0 Å². The van der Waals surface area contributed by atoms with Gasteiger partial charge in [-0.25, -0.2) is 4.39 Å². The number of carbonyl (C=O) groups is 2. The third kappa shape index (κ3) is 4.51. The number of anilines is 1. The van der Waals surface area contributed by atoms with Gasteiger partial charge in [0.25, 0.3) is 11.8 Å². The third-order valence-electron chi connectivity index (χ3n) is 4.64. The molecular weight excluding hydrogens is 415 g/mol. The highest BCUT2D eigenvalue weighted by atomic mass is 32.1. The minimum atomic E-state index is -0.574. The molecule has 1 fully saturated rings. The van der Waals surface area contributed by atoms with E-state index in [0.717, 1.165) is 5.56 Å². The molecule has 0 unspecified atom stereocenters. The van der Waals surface area contributed by atoms with E-state index in [1.54, 1.807) is 60.7 Å². The number of amides is 2. The number of carbonyl (C=O) groups excluding carboxylic acids is 2. The maximum absolute atomic E-state index is 13.1.